The van der Waals surface area contributed by atoms with Gasteiger partial charge in [-0.25, -0.2) is 5.01 Å². The van der Waals surface area contributed by atoms with Crippen LogP contribution in [0.3, 0.4) is 0 Å². The van der Waals surface area contributed by atoms with Crippen LogP contribution in [0.15, 0.2) is 77.9 Å². The van der Waals surface area contributed by atoms with Crippen molar-refractivity contribution in [2.45, 2.75) is 19.6 Å². The first-order valence-corrected chi connectivity index (χ1v) is 10.6. The number of methoxy groups -OCH3 is 1. The fraction of sp³-hybridized carbons (Fsp3) is 0.200. The van der Waals surface area contributed by atoms with E-state index in [1.54, 1.807) is 31.2 Å². The molecular formula is C25H24N4O5. The molecule has 0 bridgehead atoms. The van der Waals surface area contributed by atoms with E-state index in [0.29, 0.717) is 23.6 Å². The van der Waals surface area contributed by atoms with Crippen LogP contribution in [0.1, 0.15) is 29.8 Å². The Morgan fingerprint density at radius 3 is 2.50 bits per heavy atom. The Kier molecular flexibility index (Phi) is 6.55. The number of nitro benzene ring substituents is 1. The molecule has 1 aliphatic rings. The summed E-state index contributed by atoms with van der Waals surface area (Å²) in [7, 11) is 1.47. The summed E-state index contributed by atoms with van der Waals surface area (Å²) in [6, 6.07) is 20.8. The minimum Gasteiger partial charge on any atom is -0.504 e. The standard InChI is InChI=1S/C25H24N4O5/c1-17(19-8-11-21(12-9-19)29(32)33)26-28-24(31)16-27(15-18-6-4-3-5-7-18)25(28)20-10-13-22(30)23(14-20)34-2/h3-14,25,30H,15-16H2,1-2H3/b26-17-/t25-/m1/s1. The first-order valence-electron chi connectivity index (χ1n) is 10.6. The maximum absolute atomic E-state index is 13.1. The Balaban J connectivity index is 1.72. The van der Waals surface area contributed by atoms with Crippen LogP contribution in [0.5, 0.6) is 11.5 Å². The molecule has 0 aromatic heterocycles. The molecule has 0 radical (unpaired) electrons. The zero-order valence-electron chi connectivity index (χ0n) is 18.8. The fourth-order valence-electron chi connectivity index (χ4n) is 3.95. The molecule has 1 amide bonds. The predicted molar refractivity (Wildman–Crippen MR) is 126 cm³/mol. The number of phenolic OH excluding ortho intramolecular Hbond substituents is 1. The van der Waals surface area contributed by atoms with Gasteiger partial charge in [0.05, 0.1) is 24.3 Å². The Morgan fingerprint density at radius 1 is 1.15 bits per heavy atom. The van der Waals surface area contributed by atoms with Crippen molar-refractivity contribution in [3.63, 3.8) is 0 Å². The largest absolute Gasteiger partial charge is 0.504 e. The van der Waals surface area contributed by atoms with Crippen molar-refractivity contribution in [2.75, 3.05) is 13.7 Å². The third-order valence-corrected chi connectivity index (χ3v) is 5.66. The lowest BCUT2D eigenvalue weighted by Gasteiger charge is -2.28. The maximum Gasteiger partial charge on any atom is 0.269 e. The van der Waals surface area contributed by atoms with Crippen molar-refractivity contribution in [1.29, 1.82) is 0 Å². The van der Waals surface area contributed by atoms with E-state index < -0.39 is 11.1 Å². The zero-order chi connectivity index (χ0) is 24.2. The summed E-state index contributed by atoms with van der Waals surface area (Å²) < 4.78 is 5.28. The molecule has 1 heterocycles. The number of nitrogens with zero attached hydrogens (tertiary/aromatic N) is 4. The molecule has 0 aliphatic carbocycles. The van der Waals surface area contributed by atoms with Gasteiger partial charge in [0, 0.05) is 18.7 Å². The van der Waals surface area contributed by atoms with E-state index in [1.165, 1.54) is 30.3 Å². The average Bonchev–Trinajstić information content (AvgIpc) is 3.14. The van der Waals surface area contributed by atoms with E-state index in [1.807, 2.05) is 35.2 Å². The third kappa shape index (κ3) is 4.74. The summed E-state index contributed by atoms with van der Waals surface area (Å²) in [6.07, 6.45) is -0.532. The van der Waals surface area contributed by atoms with Crippen LogP contribution >= 0.6 is 0 Å². The topological polar surface area (TPSA) is 109 Å². The second kappa shape index (κ2) is 9.72. The minimum atomic E-state index is -0.532. The smallest absolute Gasteiger partial charge is 0.269 e. The quantitative estimate of drug-likeness (QED) is 0.323. The number of hydrogen-bond donors (Lipinski definition) is 1. The van der Waals surface area contributed by atoms with Gasteiger partial charge < -0.3 is 9.84 Å². The van der Waals surface area contributed by atoms with Crippen LogP contribution in [0, 0.1) is 10.1 Å². The maximum atomic E-state index is 13.1. The third-order valence-electron chi connectivity index (χ3n) is 5.66. The summed E-state index contributed by atoms with van der Waals surface area (Å²) >= 11 is 0. The van der Waals surface area contributed by atoms with Gasteiger partial charge in [-0.2, -0.15) is 5.10 Å². The molecule has 4 rings (SSSR count). The van der Waals surface area contributed by atoms with E-state index >= 15 is 0 Å². The van der Waals surface area contributed by atoms with E-state index in [-0.39, 0.29) is 23.9 Å². The van der Waals surface area contributed by atoms with Crippen LogP contribution < -0.4 is 4.74 Å². The number of benzene rings is 3. The molecule has 1 N–H and O–H groups in total. The van der Waals surface area contributed by atoms with Gasteiger partial charge in [-0.3, -0.25) is 19.8 Å². The molecule has 1 fully saturated rings. The zero-order valence-corrected chi connectivity index (χ0v) is 18.8. The van der Waals surface area contributed by atoms with Crippen LogP contribution in [0.25, 0.3) is 0 Å². The number of nitro groups is 1. The van der Waals surface area contributed by atoms with E-state index in [2.05, 4.69) is 5.10 Å². The number of rotatable bonds is 7. The molecule has 0 saturated carbocycles. The number of hydrazone groups is 1. The van der Waals surface area contributed by atoms with Crippen LogP contribution in [0.4, 0.5) is 5.69 Å². The number of phenols is 1. The summed E-state index contributed by atoms with van der Waals surface area (Å²) in [5.41, 5.74) is 2.97. The molecule has 3 aromatic carbocycles. The van der Waals surface area contributed by atoms with Gasteiger partial charge in [0.25, 0.3) is 11.6 Å². The number of aromatic hydroxyl groups is 1. The average molecular weight is 460 g/mol. The summed E-state index contributed by atoms with van der Waals surface area (Å²) in [5.74, 6) is 0.115. The Hall–Kier alpha value is -4.24. The monoisotopic (exact) mass is 460 g/mol. The molecular weight excluding hydrogens is 436 g/mol. The van der Waals surface area contributed by atoms with Crippen molar-refractivity contribution in [1.82, 2.24) is 9.91 Å². The Bertz CT molecular complexity index is 1230. The number of hydrogen-bond acceptors (Lipinski definition) is 7. The van der Waals surface area contributed by atoms with E-state index in [4.69, 9.17) is 4.74 Å². The number of carbonyl (C=O) groups is 1. The second-order valence-electron chi connectivity index (χ2n) is 7.92. The van der Waals surface area contributed by atoms with Crippen molar-refractivity contribution in [3.05, 3.63) is 99.6 Å². The summed E-state index contributed by atoms with van der Waals surface area (Å²) in [6.45, 7) is 2.42. The van der Waals surface area contributed by atoms with Gasteiger partial charge in [0.1, 0.15) is 6.17 Å². The van der Waals surface area contributed by atoms with Crippen LogP contribution in [0.2, 0.25) is 0 Å². The number of carbonyl (C=O) groups excluding carboxylic acids is 1. The second-order valence-corrected chi connectivity index (χ2v) is 7.92. The van der Waals surface area contributed by atoms with Crippen LogP contribution in [-0.4, -0.2) is 45.2 Å². The van der Waals surface area contributed by atoms with Gasteiger partial charge in [-0.1, -0.05) is 36.4 Å². The molecule has 1 aliphatic heterocycles. The summed E-state index contributed by atoms with van der Waals surface area (Å²) in [4.78, 5) is 25.6. The van der Waals surface area contributed by atoms with Crippen LogP contribution in [-0.2, 0) is 11.3 Å². The Morgan fingerprint density at radius 2 is 1.85 bits per heavy atom. The molecule has 34 heavy (non-hydrogen) atoms. The first kappa shape index (κ1) is 22.9. The van der Waals surface area contributed by atoms with Gasteiger partial charge in [-0.15, -0.1) is 0 Å². The SMILES string of the molecule is COc1cc([C@@H]2N(Cc3ccccc3)CC(=O)N2/N=C(/C)c2ccc([N+](=O)[O-])cc2)ccc1O. The predicted octanol–water partition coefficient (Wildman–Crippen LogP) is 4.08. The van der Waals surface area contributed by atoms with Gasteiger partial charge in [0.2, 0.25) is 0 Å². The molecule has 1 saturated heterocycles. The fourth-order valence-corrected chi connectivity index (χ4v) is 3.95. The first-order chi connectivity index (χ1) is 16.4. The molecule has 9 heteroatoms. The van der Waals surface area contributed by atoms with Gasteiger partial charge in [0.15, 0.2) is 11.5 Å². The van der Waals surface area contributed by atoms with E-state index in [9.17, 15) is 20.0 Å². The summed E-state index contributed by atoms with van der Waals surface area (Å²) in [5, 5.41) is 27.0. The number of non-ortho nitro benzene ring substituents is 1. The molecule has 174 valence electrons. The Labute approximate surface area is 196 Å². The molecule has 0 spiro atoms. The normalized spacial score (nSPS) is 16.6. The molecule has 0 unspecified atom stereocenters. The van der Waals surface area contributed by atoms with Gasteiger partial charge in [-0.05, 0) is 47.9 Å². The van der Waals surface area contributed by atoms with E-state index in [0.717, 1.165) is 11.1 Å². The molecule has 1 atom stereocenters. The number of ether oxygens (including phenoxy) is 1. The highest BCUT2D eigenvalue weighted by atomic mass is 16.6. The highest BCUT2D eigenvalue weighted by molar-refractivity contribution is 5.99. The molecule has 9 nitrogen and oxygen atoms in total. The number of amides is 1. The van der Waals surface area contributed by atoms with Crippen molar-refractivity contribution in [2.24, 2.45) is 5.10 Å². The lowest BCUT2D eigenvalue weighted by Crippen LogP contribution is -2.29. The minimum absolute atomic E-state index is 0.00212. The highest BCUT2D eigenvalue weighted by Gasteiger charge is 2.39. The highest BCUT2D eigenvalue weighted by Crippen LogP contribution is 2.37. The van der Waals surface area contributed by atoms with Crippen molar-refractivity contribution < 1.29 is 19.6 Å². The molecule has 3 aromatic rings. The van der Waals surface area contributed by atoms with Crippen molar-refractivity contribution >= 4 is 17.3 Å². The lowest BCUT2D eigenvalue weighted by atomic mass is 10.1. The van der Waals surface area contributed by atoms with Crippen molar-refractivity contribution in [3.8, 4) is 11.5 Å². The van der Waals surface area contributed by atoms with Gasteiger partial charge >= 0.3 is 0 Å². The lowest BCUT2D eigenvalue weighted by molar-refractivity contribution is -0.384.